The minimum absolute atomic E-state index is 0.0657. The quantitative estimate of drug-likeness (QED) is 0.268. The molecule has 150 valence electrons. The normalized spacial score (nSPS) is 21.0. The lowest BCUT2D eigenvalue weighted by Gasteiger charge is -2.15. The van der Waals surface area contributed by atoms with Crippen LogP contribution < -0.4 is 0 Å². The second kappa shape index (κ2) is 7.48. The summed E-state index contributed by atoms with van der Waals surface area (Å²) < 4.78 is 83.4. The van der Waals surface area contributed by atoms with E-state index in [4.69, 9.17) is 27.9 Å². The van der Waals surface area contributed by atoms with E-state index in [0.717, 1.165) is 0 Å². The van der Waals surface area contributed by atoms with E-state index in [1.807, 2.05) is 0 Å². The molecule has 0 radical (unpaired) electrons. The Morgan fingerprint density at radius 2 is 1.74 bits per heavy atom. The van der Waals surface area contributed by atoms with Crippen molar-refractivity contribution < 1.29 is 35.9 Å². The summed E-state index contributed by atoms with van der Waals surface area (Å²) in [5, 5.41) is 0. The number of halogens is 9. The van der Waals surface area contributed by atoms with Crippen LogP contribution in [0.4, 0.5) is 26.3 Å². The summed E-state index contributed by atoms with van der Waals surface area (Å²) in [4.78, 5) is 12.2. The third kappa shape index (κ3) is 4.24. The molecular weight excluding hydrogens is 489 g/mol. The van der Waals surface area contributed by atoms with Crippen molar-refractivity contribution in [1.82, 2.24) is 0 Å². The molecule has 11 heteroatoms. The fraction of sp³-hybridized carbons (Fsp3) is 0.438. The molecule has 0 heterocycles. The van der Waals surface area contributed by atoms with E-state index in [9.17, 15) is 31.1 Å². The summed E-state index contributed by atoms with van der Waals surface area (Å²) in [6.45, 7) is 2.46. The molecule has 2 rings (SSSR count). The van der Waals surface area contributed by atoms with Gasteiger partial charge in [-0.1, -0.05) is 37.0 Å². The lowest BCUT2D eigenvalue weighted by atomic mass is 10.1. The zero-order valence-electron chi connectivity index (χ0n) is 13.7. The zero-order chi connectivity index (χ0) is 20.9. The first-order valence-corrected chi connectivity index (χ1v) is 8.87. The van der Waals surface area contributed by atoms with Crippen molar-refractivity contribution >= 4 is 45.1 Å². The summed E-state index contributed by atoms with van der Waals surface area (Å²) in [6, 6.07) is 0. The molecule has 0 unspecified atom stereocenters. The van der Waals surface area contributed by atoms with Crippen molar-refractivity contribution in [3.63, 3.8) is 0 Å². The maximum atomic E-state index is 14.0. The number of carbonyl (C=O) groups excluding carboxylic acids is 1. The third-order valence-corrected chi connectivity index (χ3v) is 5.55. The molecule has 1 aromatic carbocycles. The van der Waals surface area contributed by atoms with Crippen molar-refractivity contribution in [3.05, 3.63) is 43.6 Å². The fourth-order valence-corrected chi connectivity index (χ4v) is 3.62. The van der Waals surface area contributed by atoms with Gasteiger partial charge in [-0.3, -0.25) is 4.79 Å². The van der Waals surface area contributed by atoms with E-state index in [2.05, 4.69) is 15.9 Å². The average molecular weight is 500 g/mol. The first kappa shape index (κ1) is 22.4. The lowest BCUT2D eigenvalue weighted by Crippen LogP contribution is -2.17. The van der Waals surface area contributed by atoms with Crippen LogP contribution in [-0.2, 0) is 22.3 Å². The average Bonchev–Trinajstić information content (AvgIpc) is 3.03. The van der Waals surface area contributed by atoms with Crippen LogP contribution in [0.15, 0.2) is 15.0 Å². The van der Waals surface area contributed by atoms with E-state index >= 15 is 0 Å². The Kier molecular flexibility index (Phi) is 6.19. The van der Waals surface area contributed by atoms with Gasteiger partial charge in [0.25, 0.3) is 0 Å². The van der Waals surface area contributed by atoms with Gasteiger partial charge in [0, 0.05) is 5.56 Å². The van der Waals surface area contributed by atoms with Gasteiger partial charge in [0.15, 0.2) is 17.5 Å². The molecule has 0 spiro atoms. The molecule has 1 aromatic rings. The van der Waals surface area contributed by atoms with E-state index in [1.165, 1.54) is 6.08 Å². The predicted molar refractivity (Wildman–Crippen MR) is 89.4 cm³/mol. The van der Waals surface area contributed by atoms with E-state index in [-0.39, 0.29) is 10.4 Å². The minimum atomic E-state index is -5.44. The van der Waals surface area contributed by atoms with Gasteiger partial charge in [-0.2, -0.15) is 13.2 Å². The summed E-state index contributed by atoms with van der Waals surface area (Å²) in [5.41, 5.74) is -3.82. The number of esters is 1. The molecule has 1 aliphatic rings. The monoisotopic (exact) mass is 498 g/mol. The van der Waals surface area contributed by atoms with Crippen LogP contribution >= 0.6 is 39.1 Å². The Labute approximate surface area is 168 Å². The van der Waals surface area contributed by atoms with Gasteiger partial charge in [0.05, 0.1) is 10.4 Å². The van der Waals surface area contributed by atoms with E-state index in [0.29, 0.717) is 0 Å². The van der Waals surface area contributed by atoms with Crippen molar-refractivity contribution in [2.75, 3.05) is 0 Å². The molecule has 1 fully saturated rings. The Balaban J connectivity index is 2.25. The fourth-order valence-electron chi connectivity index (χ4n) is 2.86. The summed E-state index contributed by atoms with van der Waals surface area (Å²) >= 11 is 13.6. The minimum Gasteiger partial charge on any atom is -0.460 e. The Bertz CT molecular complexity index is 789. The number of hydrogen-bond acceptors (Lipinski definition) is 2. The lowest BCUT2D eigenvalue weighted by molar-refractivity contribution is -0.148. The molecule has 0 bridgehead atoms. The summed E-state index contributed by atoms with van der Waals surface area (Å²) in [6.07, 6.45) is -4.02. The predicted octanol–water partition coefficient (Wildman–Crippen LogP) is 6.52. The maximum Gasteiger partial charge on any atom is 0.422 e. The van der Waals surface area contributed by atoms with Gasteiger partial charge in [-0.05, 0) is 33.3 Å². The highest BCUT2D eigenvalue weighted by Crippen LogP contribution is 2.60. The van der Waals surface area contributed by atoms with Crippen molar-refractivity contribution in [3.8, 4) is 0 Å². The van der Waals surface area contributed by atoms with Crippen LogP contribution in [0, 0.1) is 34.7 Å². The van der Waals surface area contributed by atoms with Crippen LogP contribution in [0.25, 0.3) is 0 Å². The summed E-state index contributed by atoms with van der Waals surface area (Å²) in [7, 11) is 0. The van der Waals surface area contributed by atoms with Gasteiger partial charge in [0.2, 0.25) is 0 Å². The van der Waals surface area contributed by atoms with Crippen LogP contribution in [0.5, 0.6) is 0 Å². The highest BCUT2D eigenvalue weighted by Gasteiger charge is 2.61. The molecule has 2 nitrogen and oxygen atoms in total. The van der Waals surface area contributed by atoms with Gasteiger partial charge < -0.3 is 4.74 Å². The van der Waals surface area contributed by atoms with Gasteiger partial charge >= 0.3 is 12.1 Å². The van der Waals surface area contributed by atoms with Crippen molar-refractivity contribution in [2.24, 2.45) is 17.3 Å². The molecule has 0 saturated heterocycles. The second-order valence-corrected chi connectivity index (χ2v) is 8.30. The number of allylic oxidation sites excluding steroid dienone is 1. The van der Waals surface area contributed by atoms with Crippen LogP contribution in [0.2, 0.25) is 0 Å². The first-order valence-electron chi connectivity index (χ1n) is 7.32. The summed E-state index contributed by atoms with van der Waals surface area (Å²) in [5.74, 6) is -8.30. The van der Waals surface area contributed by atoms with Gasteiger partial charge in [-0.25, -0.2) is 13.2 Å². The molecule has 0 aromatic heterocycles. The number of alkyl halides is 3. The first-order chi connectivity index (χ1) is 12.2. The van der Waals surface area contributed by atoms with Crippen LogP contribution in [0.1, 0.15) is 25.0 Å². The zero-order valence-corrected chi connectivity index (χ0v) is 16.8. The molecule has 0 aliphatic heterocycles. The smallest absolute Gasteiger partial charge is 0.422 e. The Hall–Kier alpha value is -0.930. The Morgan fingerprint density at radius 1 is 1.19 bits per heavy atom. The van der Waals surface area contributed by atoms with Crippen LogP contribution in [0.3, 0.4) is 0 Å². The van der Waals surface area contributed by atoms with Crippen molar-refractivity contribution in [2.45, 2.75) is 26.6 Å². The van der Waals surface area contributed by atoms with E-state index < -0.39 is 63.1 Å². The molecule has 0 N–H and O–H groups in total. The topological polar surface area (TPSA) is 26.3 Å². The highest BCUT2D eigenvalue weighted by atomic mass is 79.9. The Morgan fingerprint density at radius 3 is 2.22 bits per heavy atom. The molecular formula is C16H11BrCl2F6O2. The number of ether oxygens (including phenoxy) is 1. The number of carbonyl (C=O) groups is 1. The molecule has 2 atom stereocenters. The standard InChI is InChI=1S/C16H11BrCl2F6O2/c1-15(2)6(3-7(18)19)8(15)14(26)27-4-5-10(17)12(21)9(16(23,24)25)13(22)11(5)20/h3,6,8H,4H2,1-2H3/t6-,8+/m1/s1. The molecule has 0 amide bonds. The highest BCUT2D eigenvalue weighted by molar-refractivity contribution is 9.10. The van der Waals surface area contributed by atoms with Crippen LogP contribution in [-0.4, -0.2) is 5.97 Å². The van der Waals surface area contributed by atoms with Gasteiger partial charge in [0.1, 0.15) is 16.7 Å². The number of hydrogen-bond donors (Lipinski definition) is 0. The third-order valence-electron chi connectivity index (χ3n) is 4.47. The SMILES string of the molecule is CC1(C)[C@H](C=C(Cl)Cl)[C@H]1C(=O)OCc1c(F)c(F)c(C(F)(F)F)c(F)c1Br. The van der Waals surface area contributed by atoms with Gasteiger partial charge in [-0.15, -0.1) is 0 Å². The number of benzene rings is 1. The van der Waals surface area contributed by atoms with Crippen molar-refractivity contribution in [1.29, 1.82) is 0 Å². The molecule has 27 heavy (non-hydrogen) atoms. The van der Waals surface area contributed by atoms with E-state index in [1.54, 1.807) is 13.8 Å². The number of rotatable bonds is 4. The largest absolute Gasteiger partial charge is 0.460 e. The molecule has 1 aliphatic carbocycles. The molecule has 1 saturated carbocycles. The maximum absolute atomic E-state index is 14.0. The second-order valence-electron chi connectivity index (χ2n) is 6.50.